The second kappa shape index (κ2) is 6.05. The van der Waals surface area contributed by atoms with Gasteiger partial charge in [0.05, 0.1) is 6.04 Å². The van der Waals surface area contributed by atoms with Crippen LogP contribution in [0.15, 0.2) is 11.6 Å². The molecule has 1 saturated carbocycles. The monoisotopic (exact) mass is 334 g/mol. The molecule has 0 unspecified atom stereocenters. The number of amides is 2. The Morgan fingerprint density at radius 2 is 1.87 bits per heavy atom. The molecule has 130 valence electrons. The van der Waals surface area contributed by atoms with Gasteiger partial charge in [-0.2, -0.15) is 13.2 Å². The fourth-order valence-corrected chi connectivity index (χ4v) is 2.55. The van der Waals surface area contributed by atoms with Crippen LogP contribution in [0.4, 0.5) is 18.0 Å². The largest absolute Gasteiger partial charge is 0.471 e. The summed E-state index contributed by atoms with van der Waals surface area (Å²) in [6.45, 7) is 4.82. The van der Waals surface area contributed by atoms with Crippen LogP contribution in [0.25, 0.3) is 0 Å². The van der Waals surface area contributed by atoms with Crippen molar-refractivity contribution in [1.29, 1.82) is 0 Å². The Kier molecular flexibility index (Phi) is 4.64. The van der Waals surface area contributed by atoms with Crippen LogP contribution >= 0.6 is 0 Å². The molecule has 2 amide bonds. The first-order chi connectivity index (χ1) is 10.5. The van der Waals surface area contributed by atoms with Gasteiger partial charge >= 0.3 is 18.2 Å². The molecule has 2 aliphatic rings. The van der Waals surface area contributed by atoms with Crippen LogP contribution in [0.5, 0.6) is 0 Å². The van der Waals surface area contributed by atoms with Gasteiger partial charge in [-0.3, -0.25) is 4.79 Å². The van der Waals surface area contributed by atoms with E-state index in [0.29, 0.717) is 4.90 Å². The molecule has 0 aromatic heterocycles. The van der Waals surface area contributed by atoms with E-state index in [4.69, 9.17) is 4.74 Å². The van der Waals surface area contributed by atoms with Gasteiger partial charge in [-0.1, -0.05) is 6.08 Å². The van der Waals surface area contributed by atoms with Crippen molar-refractivity contribution >= 4 is 12.0 Å². The lowest BCUT2D eigenvalue weighted by Crippen LogP contribution is -2.53. The van der Waals surface area contributed by atoms with E-state index in [1.165, 1.54) is 0 Å². The van der Waals surface area contributed by atoms with Gasteiger partial charge in [-0.15, -0.1) is 0 Å². The Balaban J connectivity index is 2.08. The number of rotatable bonds is 2. The molecule has 1 N–H and O–H groups in total. The Morgan fingerprint density at radius 1 is 1.26 bits per heavy atom. The van der Waals surface area contributed by atoms with Crippen molar-refractivity contribution in [3.63, 3.8) is 0 Å². The summed E-state index contributed by atoms with van der Waals surface area (Å²) >= 11 is 0. The molecule has 1 heterocycles. The van der Waals surface area contributed by atoms with E-state index in [9.17, 15) is 22.8 Å². The fourth-order valence-electron chi connectivity index (χ4n) is 2.55. The highest BCUT2D eigenvalue weighted by atomic mass is 19.4. The zero-order valence-corrected chi connectivity index (χ0v) is 13.4. The summed E-state index contributed by atoms with van der Waals surface area (Å²) in [6, 6.07) is -0.641. The molecule has 0 aromatic rings. The lowest BCUT2D eigenvalue weighted by atomic mass is 9.98. The summed E-state index contributed by atoms with van der Waals surface area (Å²) in [7, 11) is 0. The van der Waals surface area contributed by atoms with Crippen LogP contribution in [-0.2, 0) is 9.53 Å². The molecule has 0 radical (unpaired) electrons. The number of hydrogen-bond donors (Lipinski definition) is 1. The summed E-state index contributed by atoms with van der Waals surface area (Å²) in [5.74, 6) is -1.61. The van der Waals surface area contributed by atoms with Crippen molar-refractivity contribution < 1.29 is 27.5 Å². The number of hydrogen-bond acceptors (Lipinski definition) is 3. The molecule has 0 aromatic carbocycles. The summed E-state index contributed by atoms with van der Waals surface area (Å²) in [4.78, 5) is 24.0. The first-order valence-corrected chi connectivity index (χ1v) is 7.53. The fraction of sp³-hybridized carbons (Fsp3) is 0.733. The summed E-state index contributed by atoms with van der Waals surface area (Å²) in [5.41, 5.74) is 0.186. The van der Waals surface area contributed by atoms with Gasteiger partial charge in [0, 0.05) is 13.1 Å². The third-order valence-corrected chi connectivity index (χ3v) is 3.62. The van der Waals surface area contributed by atoms with Crippen molar-refractivity contribution in [3.8, 4) is 0 Å². The van der Waals surface area contributed by atoms with Crippen LogP contribution in [0.1, 0.15) is 33.6 Å². The molecule has 23 heavy (non-hydrogen) atoms. The van der Waals surface area contributed by atoms with Gasteiger partial charge in [0.1, 0.15) is 5.60 Å². The van der Waals surface area contributed by atoms with E-state index >= 15 is 0 Å². The molecule has 1 fully saturated rings. The standard InChI is InChI=1S/C15H21F3N2O3/c1-14(2,3)23-13(22)19-11-8-20(12(21)15(16,17)18)7-6-10(11)9-4-5-9/h6,9,11H,4-5,7-8H2,1-3H3,(H,19,22)/t11-/m1/s1. The number of carbonyl (C=O) groups is 2. The second-order valence-electron chi connectivity index (χ2n) is 6.89. The minimum atomic E-state index is -4.92. The first-order valence-electron chi connectivity index (χ1n) is 7.53. The highest BCUT2D eigenvalue weighted by molar-refractivity contribution is 5.82. The molecule has 0 saturated heterocycles. The number of ether oxygens (including phenoxy) is 1. The summed E-state index contributed by atoms with van der Waals surface area (Å²) in [6.07, 6.45) is -2.10. The molecule has 1 aliphatic heterocycles. The zero-order chi connectivity index (χ0) is 17.4. The number of nitrogens with zero attached hydrogens (tertiary/aromatic N) is 1. The Labute approximate surface area is 132 Å². The first kappa shape index (κ1) is 17.6. The molecule has 2 rings (SSSR count). The second-order valence-corrected chi connectivity index (χ2v) is 6.89. The summed E-state index contributed by atoms with van der Waals surface area (Å²) < 4.78 is 42.9. The zero-order valence-electron chi connectivity index (χ0n) is 13.4. The number of nitrogens with one attached hydrogen (secondary N) is 1. The maximum atomic E-state index is 12.6. The predicted octanol–water partition coefficient (Wildman–Crippen LogP) is 2.62. The van der Waals surface area contributed by atoms with Gasteiger partial charge in [-0.25, -0.2) is 4.79 Å². The molecule has 1 atom stereocenters. The Bertz CT molecular complexity index is 519. The topological polar surface area (TPSA) is 58.6 Å². The number of halogens is 3. The van der Waals surface area contributed by atoms with Crippen LogP contribution in [0.2, 0.25) is 0 Å². The average molecular weight is 334 g/mol. The molecule has 0 bridgehead atoms. The number of alkyl carbamates (subject to hydrolysis) is 1. The highest BCUT2D eigenvalue weighted by Gasteiger charge is 2.45. The SMILES string of the molecule is CC(C)(C)OC(=O)N[C@@H]1CN(C(=O)C(F)(F)F)CC=C1C1CC1. The van der Waals surface area contributed by atoms with Crippen LogP contribution in [0.3, 0.4) is 0 Å². The van der Waals surface area contributed by atoms with Crippen molar-refractivity contribution in [3.05, 3.63) is 11.6 Å². The predicted molar refractivity (Wildman–Crippen MR) is 76.6 cm³/mol. The van der Waals surface area contributed by atoms with Crippen molar-refractivity contribution in [2.24, 2.45) is 5.92 Å². The average Bonchev–Trinajstić information content (AvgIpc) is 3.18. The van der Waals surface area contributed by atoms with Crippen molar-refractivity contribution in [2.75, 3.05) is 13.1 Å². The Morgan fingerprint density at radius 3 is 2.35 bits per heavy atom. The maximum Gasteiger partial charge on any atom is 0.471 e. The normalized spacial score (nSPS) is 22.4. The van der Waals surface area contributed by atoms with Crippen molar-refractivity contribution in [1.82, 2.24) is 10.2 Å². The number of alkyl halides is 3. The molecule has 0 spiro atoms. The van der Waals surface area contributed by atoms with E-state index in [1.807, 2.05) is 0 Å². The van der Waals surface area contributed by atoms with Crippen LogP contribution in [-0.4, -0.2) is 47.8 Å². The molecular formula is C15H21F3N2O3. The van der Waals surface area contributed by atoms with Gasteiger partial charge in [-0.05, 0) is 45.1 Å². The van der Waals surface area contributed by atoms with E-state index in [2.05, 4.69) is 5.32 Å². The van der Waals surface area contributed by atoms with Crippen LogP contribution < -0.4 is 5.32 Å². The molecule has 5 nitrogen and oxygen atoms in total. The van der Waals surface area contributed by atoms with Crippen molar-refractivity contribution in [2.45, 2.75) is 51.4 Å². The summed E-state index contributed by atoms with van der Waals surface area (Å²) in [5, 5.41) is 2.59. The van der Waals surface area contributed by atoms with Gasteiger partial charge in [0.25, 0.3) is 0 Å². The minimum absolute atomic E-state index is 0.0866. The highest BCUT2D eigenvalue weighted by Crippen LogP contribution is 2.39. The molecular weight excluding hydrogens is 313 g/mol. The van der Waals surface area contributed by atoms with Gasteiger partial charge in [0.15, 0.2) is 0 Å². The van der Waals surface area contributed by atoms with E-state index in [-0.39, 0.29) is 19.0 Å². The quantitative estimate of drug-likeness (QED) is 0.790. The van der Waals surface area contributed by atoms with Crippen LogP contribution in [0, 0.1) is 5.92 Å². The number of carbonyl (C=O) groups excluding carboxylic acids is 2. The van der Waals surface area contributed by atoms with E-state index in [0.717, 1.165) is 18.4 Å². The third kappa shape index (κ3) is 4.87. The maximum absolute atomic E-state index is 12.6. The lowest BCUT2D eigenvalue weighted by Gasteiger charge is -2.34. The van der Waals surface area contributed by atoms with E-state index < -0.39 is 29.8 Å². The van der Waals surface area contributed by atoms with Gasteiger partial charge in [0.2, 0.25) is 0 Å². The Hall–Kier alpha value is -1.73. The molecule has 1 aliphatic carbocycles. The molecule has 8 heteroatoms. The van der Waals surface area contributed by atoms with E-state index in [1.54, 1.807) is 26.8 Å². The minimum Gasteiger partial charge on any atom is -0.444 e. The lowest BCUT2D eigenvalue weighted by molar-refractivity contribution is -0.185. The third-order valence-electron chi connectivity index (χ3n) is 3.62. The smallest absolute Gasteiger partial charge is 0.444 e. The van der Waals surface area contributed by atoms with Gasteiger partial charge < -0.3 is 15.0 Å².